The average Bonchev–Trinajstić information content (AvgIpc) is 2.84. The van der Waals surface area contributed by atoms with Crippen molar-refractivity contribution >= 4 is 39.0 Å². The highest BCUT2D eigenvalue weighted by Crippen LogP contribution is 2.39. The smallest absolute Gasteiger partial charge is 0.243 e. The third kappa shape index (κ3) is 4.06. The van der Waals surface area contributed by atoms with Crippen LogP contribution in [0.1, 0.15) is 52.2 Å². The van der Waals surface area contributed by atoms with Crippen LogP contribution in [0.25, 0.3) is 10.2 Å². The summed E-state index contributed by atoms with van der Waals surface area (Å²) >= 11 is 1.81. The monoisotopic (exact) mass is 422 g/mol. The number of hydrogen-bond acceptors (Lipinski definition) is 5. The molecule has 0 atom stereocenters. The molecule has 0 saturated carbocycles. The van der Waals surface area contributed by atoms with Gasteiger partial charge in [-0.1, -0.05) is 24.1 Å². The van der Waals surface area contributed by atoms with Crippen molar-refractivity contribution in [3.05, 3.63) is 45.1 Å². The molecule has 0 fully saturated rings. The number of carbonyl (C=O) groups is 1. The summed E-state index contributed by atoms with van der Waals surface area (Å²) in [6.07, 6.45) is 5.94. The Morgan fingerprint density at radius 3 is 2.50 bits per heavy atom. The highest BCUT2D eigenvalue weighted by atomic mass is 32.1. The Kier molecular flexibility index (Phi) is 5.78. The number of nitrogens with one attached hydrogen (secondary N) is 1. The zero-order chi connectivity index (χ0) is 21.4. The van der Waals surface area contributed by atoms with Crippen molar-refractivity contribution in [1.82, 2.24) is 9.97 Å². The Balaban J connectivity index is 1.62. The third-order valence-corrected chi connectivity index (χ3v) is 7.03. The molecule has 0 saturated heterocycles. The summed E-state index contributed by atoms with van der Waals surface area (Å²) < 4.78 is 0. The lowest BCUT2D eigenvalue weighted by Gasteiger charge is -2.21. The van der Waals surface area contributed by atoms with Crippen LogP contribution < -0.4 is 10.2 Å². The van der Waals surface area contributed by atoms with E-state index in [-0.39, 0.29) is 12.5 Å². The van der Waals surface area contributed by atoms with Gasteiger partial charge in [0, 0.05) is 17.6 Å². The van der Waals surface area contributed by atoms with Gasteiger partial charge in [0.2, 0.25) is 5.91 Å². The van der Waals surface area contributed by atoms with Gasteiger partial charge < -0.3 is 10.2 Å². The molecule has 1 aliphatic carbocycles. The number of likely N-dealkylation sites (N-methyl/N-ethyl adjacent to an activating group) is 1. The van der Waals surface area contributed by atoms with Gasteiger partial charge in [-0.3, -0.25) is 4.79 Å². The van der Waals surface area contributed by atoms with Crippen LogP contribution in [0.3, 0.4) is 0 Å². The minimum absolute atomic E-state index is 0.0294. The summed E-state index contributed by atoms with van der Waals surface area (Å²) in [6, 6.07) is 4.20. The molecule has 2 aromatic heterocycles. The van der Waals surface area contributed by atoms with Gasteiger partial charge in [-0.15, -0.1) is 11.3 Å². The van der Waals surface area contributed by atoms with Crippen molar-refractivity contribution in [2.75, 3.05) is 23.8 Å². The standard InChI is InChI=1S/C24H30N4OS/c1-14-11-15(2)22(16(3)12-14)27-20(29)13-28(5)23-21-18-9-7-6-8-10-19(18)30-24(21)26-17(4)25-23/h11-12H,6-10,13H2,1-5H3,(H,27,29). The molecule has 30 heavy (non-hydrogen) atoms. The predicted octanol–water partition coefficient (Wildman–Crippen LogP) is 5.27. The van der Waals surface area contributed by atoms with Crippen LogP contribution in [0.5, 0.6) is 0 Å². The number of fused-ring (bicyclic) bond motifs is 3. The second kappa shape index (κ2) is 8.34. The molecule has 1 aromatic carbocycles. The molecule has 1 aliphatic rings. The highest BCUT2D eigenvalue weighted by Gasteiger charge is 2.22. The minimum Gasteiger partial charge on any atom is -0.350 e. The maximum atomic E-state index is 12.9. The Morgan fingerprint density at radius 1 is 1.07 bits per heavy atom. The number of carbonyl (C=O) groups excluding carboxylic acids is 1. The van der Waals surface area contributed by atoms with Crippen molar-refractivity contribution in [3.63, 3.8) is 0 Å². The number of hydrogen-bond donors (Lipinski definition) is 1. The minimum atomic E-state index is -0.0294. The van der Waals surface area contributed by atoms with E-state index in [0.717, 1.165) is 51.5 Å². The Labute approximate surface area is 182 Å². The van der Waals surface area contributed by atoms with Gasteiger partial charge in [0.25, 0.3) is 0 Å². The van der Waals surface area contributed by atoms with E-state index in [1.165, 1.54) is 35.3 Å². The molecular formula is C24H30N4OS. The number of rotatable bonds is 4. The quantitative estimate of drug-likeness (QED) is 0.582. The van der Waals surface area contributed by atoms with E-state index in [9.17, 15) is 4.79 Å². The number of thiophene rings is 1. The summed E-state index contributed by atoms with van der Waals surface area (Å²) in [5.41, 5.74) is 5.70. The SMILES string of the molecule is Cc1cc(C)c(NC(=O)CN(C)c2nc(C)nc3sc4c(c23)CCCCC4)c(C)c1. The van der Waals surface area contributed by atoms with Crippen LogP contribution >= 0.6 is 11.3 Å². The van der Waals surface area contributed by atoms with Gasteiger partial charge in [-0.05, 0) is 70.1 Å². The maximum Gasteiger partial charge on any atom is 0.243 e. The van der Waals surface area contributed by atoms with Gasteiger partial charge >= 0.3 is 0 Å². The van der Waals surface area contributed by atoms with Crippen molar-refractivity contribution in [1.29, 1.82) is 0 Å². The first kappa shape index (κ1) is 20.8. The van der Waals surface area contributed by atoms with Gasteiger partial charge in [0.1, 0.15) is 16.5 Å². The van der Waals surface area contributed by atoms with Gasteiger partial charge in [0.15, 0.2) is 0 Å². The van der Waals surface area contributed by atoms with Crippen molar-refractivity contribution < 1.29 is 4.79 Å². The van der Waals surface area contributed by atoms with Gasteiger partial charge in [0.05, 0.1) is 11.9 Å². The lowest BCUT2D eigenvalue weighted by molar-refractivity contribution is -0.114. The van der Waals surface area contributed by atoms with Crippen LogP contribution in [0, 0.1) is 27.7 Å². The molecule has 0 bridgehead atoms. The first-order valence-electron chi connectivity index (χ1n) is 10.7. The number of benzene rings is 1. The van der Waals surface area contributed by atoms with E-state index >= 15 is 0 Å². The predicted molar refractivity (Wildman–Crippen MR) is 126 cm³/mol. The Morgan fingerprint density at radius 2 is 1.77 bits per heavy atom. The van der Waals surface area contributed by atoms with E-state index in [1.807, 2.05) is 44.1 Å². The molecule has 5 nitrogen and oxygen atoms in total. The molecular weight excluding hydrogens is 392 g/mol. The van der Waals surface area contributed by atoms with Gasteiger partial charge in [-0.2, -0.15) is 0 Å². The normalized spacial score (nSPS) is 13.8. The molecule has 158 valence electrons. The molecule has 3 aromatic rings. The van der Waals surface area contributed by atoms with E-state index in [1.54, 1.807) is 0 Å². The summed E-state index contributed by atoms with van der Waals surface area (Å²) in [4.78, 5) is 26.9. The molecule has 6 heteroatoms. The summed E-state index contributed by atoms with van der Waals surface area (Å²) in [5.74, 6) is 1.61. The fraction of sp³-hybridized carbons (Fsp3) is 0.458. The van der Waals surface area contributed by atoms with Crippen LogP contribution in [0.15, 0.2) is 12.1 Å². The number of amides is 1. The first-order valence-corrected chi connectivity index (χ1v) is 11.5. The molecule has 2 heterocycles. The topological polar surface area (TPSA) is 58.1 Å². The second-order valence-electron chi connectivity index (χ2n) is 8.52. The second-order valence-corrected chi connectivity index (χ2v) is 9.60. The van der Waals surface area contributed by atoms with Gasteiger partial charge in [-0.25, -0.2) is 9.97 Å². The summed E-state index contributed by atoms with van der Waals surface area (Å²) in [6.45, 7) is 8.34. The van der Waals surface area contributed by atoms with Crippen LogP contribution in [0.2, 0.25) is 0 Å². The first-order chi connectivity index (χ1) is 14.3. The van der Waals surface area contributed by atoms with Crippen LogP contribution in [-0.4, -0.2) is 29.5 Å². The molecule has 1 N–H and O–H groups in total. The lowest BCUT2D eigenvalue weighted by Crippen LogP contribution is -2.31. The summed E-state index contributed by atoms with van der Waals surface area (Å²) in [5, 5.41) is 4.27. The Bertz CT molecular complexity index is 1100. The molecule has 4 rings (SSSR count). The van der Waals surface area contributed by atoms with Crippen molar-refractivity contribution in [2.45, 2.75) is 59.8 Å². The fourth-order valence-electron chi connectivity index (χ4n) is 4.54. The lowest BCUT2D eigenvalue weighted by atomic mass is 10.1. The van der Waals surface area contributed by atoms with E-state index in [0.29, 0.717) is 0 Å². The molecule has 1 amide bonds. The zero-order valence-electron chi connectivity index (χ0n) is 18.6. The molecule has 0 spiro atoms. The maximum absolute atomic E-state index is 12.9. The average molecular weight is 423 g/mol. The van der Waals surface area contributed by atoms with Crippen LogP contribution in [-0.2, 0) is 17.6 Å². The molecule has 0 radical (unpaired) electrons. The van der Waals surface area contributed by atoms with Crippen LogP contribution in [0.4, 0.5) is 11.5 Å². The Hall–Kier alpha value is -2.47. The molecule has 0 aliphatic heterocycles. The number of aromatic nitrogens is 2. The van der Waals surface area contributed by atoms with Crippen molar-refractivity contribution in [2.24, 2.45) is 0 Å². The number of aryl methyl sites for hydroxylation is 6. The number of nitrogens with zero attached hydrogens (tertiary/aromatic N) is 3. The van der Waals surface area contributed by atoms with E-state index in [4.69, 9.17) is 9.97 Å². The highest BCUT2D eigenvalue weighted by molar-refractivity contribution is 7.19. The summed E-state index contributed by atoms with van der Waals surface area (Å²) in [7, 11) is 1.95. The van der Waals surface area contributed by atoms with E-state index in [2.05, 4.69) is 24.4 Å². The third-order valence-electron chi connectivity index (χ3n) is 5.84. The van der Waals surface area contributed by atoms with Crippen molar-refractivity contribution in [3.8, 4) is 0 Å². The number of anilines is 2. The zero-order valence-corrected chi connectivity index (χ0v) is 19.4. The van der Waals surface area contributed by atoms with E-state index < -0.39 is 0 Å². The fourth-order valence-corrected chi connectivity index (χ4v) is 5.84. The largest absolute Gasteiger partial charge is 0.350 e. The molecule has 0 unspecified atom stereocenters.